The molecular weight excluding hydrogens is 349 g/mol. The third kappa shape index (κ3) is 4.28. The number of carbonyl (C=O) groups excluding carboxylic acids is 1. The number of hydrogen-bond donors (Lipinski definition) is 1. The van der Waals surface area contributed by atoms with E-state index in [-0.39, 0.29) is 42.1 Å². The molecule has 1 amide bonds. The van der Waals surface area contributed by atoms with Crippen molar-refractivity contribution in [1.29, 1.82) is 0 Å². The number of benzene rings is 1. The normalized spacial score (nSPS) is 20.8. The molecule has 1 aromatic rings. The van der Waals surface area contributed by atoms with Gasteiger partial charge in [0.25, 0.3) is 0 Å². The highest BCUT2D eigenvalue weighted by Crippen LogP contribution is 2.21. The standard InChI is InChI=1S/C13H15BrFNO3S/c14-11-1-2-12(15)10(6-11)7-16-13(17)5-9-3-4-20(18,19)8-9/h1-2,6,9H,3-5,7-8H2,(H,16,17). The average Bonchev–Trinajstić information content (AvgIpc) is 2.70. The third-order valence-corrected chi connectivity index (χ3v) is 5.61. The van der Waals surface area contributed by atoms with Gasteiger partial charge in [0.2, 0.25) is 5.91 Å². The highest BCUT2D eigenvalue weighted by atomic mass is 79.9. The molecule has 1 saturated heterocycles. The molecule has 20 heavy (non-hydrogen) atoms. The minimum atomic E-state index is -2.97. The van der Waals surface area contributed by atoms with E-state index in [9.17, 15) is 17.6 Å². The number of halogens is 2. The Morgan fingerprint density at radius 1 is 1.45 bits per heavy atom. The summed E-state index contributed by atoms with van der Waals surface area (Å²) >= 11 is 3.24. The van der Waals surface area contributed by atoms with Crippen molar-refractivity contribution >= 4 is 31.7 Å². The molecular formula is C13H15BrFNO3S. The zero-order chi connectivity index (χ0) is 14.8. The summed E-state index contributed by atoms with van der Waals surface area (Å²) in [7, 11) is -2.97. The van der Waals surface area contributed by atoms with Crippen LogP contribution >= 0.6 is 15.9 Å². The minimum Gasteiger partial charge on any atom is -0.352 e. The predicted octanol–water partition coefficient (Wildman–Crippen LogP) is 2.03. The molecule has 1 aliphatic rings. The van der Waals surface area contributed by atoms with E-state index in [1.165, 1.54) is 6.07 Å². The Morgan fingerprint density at radius 3 is 2.85 bits per heavy atom. The zero-order valence-electron chi connectivity index (χ0n) is 10.7. The molecule has 1 atom stereocenters. The van der Waals surface area contributed by atoms with Crippen molar-refractivity contribution in [2.24, 2.45) is 5.92 Å². The van der Waals surface area contributed by atoms with Gasteiger partial charge < -0.3 is 5.32 Å². The Morgan fingerprint density at radius 2 is 2.20 bits per heavy atom. The summed E-state index contributed by atoms with van der Waals surface area (Å²) in [6.07, 6.45) is 0.704. The monoisotopic (exact) mass is 363 g/mol. The Balaban J connectivity index is 1.85. The van der Waals surface area contributed by atoms with Crippen LogP contribution in [0, 0.1) is 11.7 Å². The molecule has 1 unspecified atom stereocenters. The van der Waals surface area contributed by atoms with Crippen LogP contribution in [0.25, 0.3) is 0 Å². The number of rotatable bonds is 4. The van der Waals surface area contributed by atoms with Gasteiger partial charge in [-0.3, -0.25) is 4.79 Å². The van der Waals surface area contributed by atoms with Gasteiger partial charge in [0.05, 0.1) is 11.5 Å². The Labute approximate surface area is 125 Å². The summed E-state index contributed by atoms with van der Waals surface area (Å²) in [5.74, 6) is -0.507. The van der Waals surface area contributed by atoms with Crippen molar-refractivity contribution in [2.45, 2.75) is 19.4 Å². The molecule has 0 aliphatic carbocycles. The average molecular weight is 364 g/mol. The number of hydrogen-bond acceptors (Lipinski definition) is 3. The lowest BCUT2D eigenvalue weighted by Crippen LogP contribution is -2.26. The largest absolute Gasteiger partial charge is 0.352 e. The summed E-state index contributed by atoms with van der Waals surface area (Å²) < 4.78 is 36.8. The van der Waals surface area contributed by atoms with Gasteiger partial charge in [0.1, 0.15) is 5.82 Å². The van der Waals surface area contributed by atoms with Gasteiger partial charge in [-0.2, -0.15) is 0 Å². The molecule has 110 valence electrons. The fraction of sp³-hybridized carbons (Fsp3) is 0.462. The van der Waals surface area contributed by atoms with E-state index in [4.69, 9.17) is 0 Å². The molecule has 0 aromatic heterocycles. The highest BCUT2D eigenvalue weighted by Gasteiger charge is 2.29. The summed E-state index contributed by atoms with van der Waals surface area (Å²) in [6.45, 7) is 0.101. The maximum atomic E-state index is 13.5. The predicted molar refractivity (Wildman–Crippen MR) is 77.3 cm³/mol. The Bertz CT molecular complexity index is 618. The maximum Gasteiger partial charge on any atom is 0.220 e. The van der Waals surface area contributed by atoms with E-state index >= 15 is 0 Å². The van der Waals surface area contributed by atoms with E-state index in [2.05, 4.69) is 21.2 Å². The van der Waals surface area contributed by atoms with Crippen molar-refractivity contribution < 1.29 is 17.6 Å². The van der Waals surface area contributed by atoms with Crippen LogP contribution in [0.15, 0.2) is 22.7 Å². The molecule has 1 N–H and O–H groups in total. The van der Waals surface area contributed by atoms with E-state index in [0.717, 1.165) is 4.47 Å². The second-order valence-corrected chi connectivity index (χ2v) is 8.13. The molecule has 4 nitrogen and oxygen atoms in total. The van der Waals surface area contributed by atoms with Crippen molar-refractivity contribution in [2.75, 3.05) is 11.5 Å². The summed E-state index contributed by atoms with van der Waals surface area (Å²) in [6, 6.07) is 4.52. The number of sulfone groups is 1. The van der Waals surface area contributed by atoms with Gasteiger partial charge in [-0.1, -0.05) is 15.9 Å². The first kappa shape index (κ1) is 15.4. The Kier molecular flexibility index (Phi) is 4.80. The number of nitrogens with one attached hydrogen (secondary N) is 1. The second-order valence-electron chi connectivity index (χ2n) is 4.99. The molecule has 0 radical (unpaired) electrons. The molecule has 7 heteroatoms. The van der Waals surface area contributed by atoms with Crippen LogP contribution in [-0.2, 0) is 21.2 Å². The van der Waals surface area contributed by atoms with Gasteiger partial charge in [0, 0.05) is 23.0 Å². The van der Waals surface area contributed by atoms with Crippen LogP contribution in [-0.4, -0.2) is 25.8 Å². The molecule has 1 fully saturated rings. The zero-order valence-corrected chi connectivity index (χ0v) is 13.1. The first-order valence-electron chi connectivity index (χ1n) is 6.27. The van der Waals surface area contributed by atoms with Crippen LogP contribution in [0.2, 0.25) is 0 Å². The molecule has 1 heterocycles. The van der Waals surface area contributed by atoms with E-state index < -0.39 is 9.84 Å². The van der Waals surface area contributed by atoms with Crippen molar-refractivity contribution in [3.05, 3.63) is 34.1 Å². The van der Waals surface area contributed by atoms with Gasteiger partial charge >= 0.3 is 0 Å². The number of amides is 1. The SMILES string of the molecule is O=C(CC1CCS(=O)(=O)C1)NCc1cc(Br)ccc1F. The topological polar surface area (TPSA) is 63.2 Å². The van der Waals surface area contributed by atoms with Gasteiger partial charge in [-0.15, -0.1) is 0 Å². The van der Waals surface area contributed by atoms with Crippen molar-refractivity contribution in [3.63, 3.8) is 0 Å². The summed E-state index contributed by atoms with van der Waals surface area (Å²) in [4.78, 5) is 11.7. The molecule has 2 rings (SSSR count). The fourth-order valence-corrected chi connectivity index (χ4v) is 4.51. The highest BCUT2D eigenvalue weighted by molar-refractivity contribution is 9.10. The lowest BCUT2D eigenvalue weighted by molar-refractivity contribution is -0.122. The quantitative estimate of drug-likeness (QED) is 0.889. The summed E-state index contributed by atoms with van der Waals surface area (Å²) in [5, 5.41) is 2.63. The van der Waals surface area contributed by atoms with Gasteiger partial charge in [-0.25, -0.2) is 12.8 Å². The second kappa shape index (κ2) is 6.22. The molecule has 1 aliphatic heterocycles. The Hall–Kier alpha value is -0.950. The summed E-state index contributed by atoms with van der Waals surface area (Å²) in [5.41, 5.74) is 0.395. The van der Waals surface area contributed by atoms with E-state index in [0.29, 0.717) is 12.0 Å². The lowest BCUT2D eigenvalue weighted by Gasteiger charge is -2.09. The van der Waals surface area contributed by atoms with E-state index in [1.807, 2.05) is 0 Å². The molecule has 1 aromatic carbocycles. The third-order valence-electron chi connectivity index (χ3n) is 3.28. The van der Waals surface area contributed by atoms with Gasteiger partial charge in [-0.05, 0) is 30.5 Å². The van der Waals surface area contributed by atoms with Crippen LogP contribution < -0.4 is 5.32 Å². The van der Waals surface area contributed by atoms with E-state index in [1.54, 1.807) is 12.1 Å². The molecule has 0 bridgehead atoms. The van der Waals surface area contributed by atoms with Crippen LogP contribution in [0.3, 0.4) is 0 Å². The minimum absolute atomic E-state index is 0.0751. The number of carbonyl (C=O) groups is 1. The first-order valence-corrected chi connectivity index (χ1v) is 8.88. The lowest BCUT2D eigenvalue weighted by atomic mass is 10.0. The molecule has 0 spiro atoms. The maximum absolute atomic E-state index is 13.5. The first-order chi connectivity index (χ1) is 9.35. The van der Waals surface area contributed by atoms with Crippen LogP contribution in [0.4, 0.5) is 4.39 Å². The van der Waals surface area contributed by atoms with Crippen molar-refractivity contribution in [3.8, 4) is 0 Å². The fourth-order valence-electron chi connectivity index (χ4n) is 2.24. The smallest absolute Gasteiger partial charge is 0.220 e. The van der Waals surface area contributed by atoms with Gasteiger partial charge in [0.15, 0.2) is 9.84 Å². The molecule has 0 saturated carbocycles. The van der Waals surface area contributed by atoms with Crippen molar-refractivity contribution in [1.82, 2.24) is 5.32 Å². The van der Waals surface area contributed by atoms with Crippen LogP contribution in [0.5, 0.6) is 0 Å². The van der Waals surface area contributed by atoms with Crippen LogP contribution in [0.1, 0.15) is 18.4 Å².